The van der Waals surface area contributed by atoms with Gasteiger partial charge in [-0.15, -0.1) is 10.2 Å². The van der Waals surface area contributed by atoms with Crippen LogP contribution in [0.5, 0.6) is 23.5 Å². The molecule has 0 aliphatic rings. The molecule has 0 atom stereocenters. The third-order valence-corrected chi connectivity index (χ3v) is 7.26. The smallest absolute Gasteiger partial charge is 0.417 e. The van der Waals surface area contributed by atoms with Crippen LogP contribution >= 0.6 is 35.4 Å². The molecule has 0 saturated carbocycles. The molecule has 272 valence electrons. The Morgan fingerprint density at radius 1 is 0.760 bits per heavy atom. The Hall–Kier alpha value is -4.16. The topological polar surface area (TPSA) is 121 Å². The zero-order chi connectivity index (χ0) is 37.2. The minimum absolute atomic E-state index is 0.00250. The zero-order valence-corrected chi connectivity index (χ0v) is 29.4. The van der Waals surface area contributed by atoms with E-state index in [0.29, 0.717) is 41.5 Å². The summed E-state index contributed by atoms with van der Waals surface area (Å²) in [5.41, 5.74) is -0.742. The molecule has 4 aromatic rings. The van der Waals surface area contributed by atoms with Crippen molar-refractivity contribution in [1.29, 1.82) is 0 Å². The first-order valence-corrected chi connectivity index (χ1v) is 16.1. The van der Waals surface area contributed by atoms with Gasteiger partial charge in [-0.25, -0.2) is 19.4 Å². The summed E-state index contributed by atoms with van der Waals surface area (Å²) >= 11 is 16.8. The fourth-order valence-corrected chi connectivity index (χ4v) is 4.50. The summed E-state index contributed by atoms with van der Waals surface area (Å²) in [6.45, 7) is 8.71. The molecular weight excluding hydrogens is 737 g/mol. The van der Waals surface area contributed by atoms with Gasteiger partial charge in [0.05, 0.1) is 16.8 Å². The Labute approximate surface area is 298 Å². The molecule has 0 radical (unpaired) electrons. The molecule has 0 spiro atoms. The lowest BCUT2D eigenvalue weighted by molar-refractivity contribution is -0.138. The third-order valence-electron chi connectivity index (χ3n) is 6.40. The van der Waals surface area contributed by atoms with Gasteiger partial charge in [0, 0.05) is 43.3 Å². The molecule has 0 unspecified atom stereocenters. The lowest BCUT2D eigenvalue weighted by atomic mass is 10.3. The molecule has 50 heavy (non-hydrogen) atoms. The second-order valence-electron chi connectivity index (χ2n) is 10.5. The van der Waals surface area contributed by atoms with E-state index in [9.17, 15) is 31.1 Å². The minimum Gasteiger partial charge on any atom is -0.417 e. The van der Waals surface area contributed by atoms with Crippen molar-refractivity contribution >= 4 is 46.6 Å². The maximum absolute atomic E-state index is 12.6. The standard InChI is InChI=1S/C15H16ClF3N4O2.C15H16ClF3N4OS/c1-3-4-5-20-14(24)23-9(2)6-12(22-23)25-13-11(16)7-10(8-21-13)15(17,18)19;1-3-4-5-20-14(25)23-9(2)6-12(22-23)24-13-11(16)7-10(8-21-13)15(17,18)19/h6-8H,3-5H2,1-2H3,(H,20,24);6-8H,3-5H2,1-2H3,(H,20,25). The van der Waals surface area contributed by atoms with Crippen molar-refractivity contribution in [1.82, 2.24) is 40.2 Å². The molecule has 0 saturated heterocycles. The van der Waals surface area contributed by atoms with Gasteiger partial charge in [-0.3, -0.25) is 0 Å². The first-order chi connectivity index (χ1) is 23.4. The first-order valence-electron chi connectivity index (χ1n) is 14.9. The summed E-state index contributed by atoms with van der Waals surface area (Å²) in [6, 6.07) is 4.08. The van der Waals surface area contributed by atoms with Crippen molar-refractivity contribution in [2.24, 2.45) is 0 Å². The summed E-state index contributed by atoms with van der Waals surface area (Å²) in [4.78, 5) is 19.2. The van der Waals surface area contributed by atoms with Crippen LogP contribution in [0.25, 0.3) is 0 Å². The van der Waals surface area contributed by atoms with E-state index in [-0.39, 0.29) is 33.6 Å². The molecular formula is C30H32Cl2F6N8O3S. The predicted molar refractivity (Wildman–Crippen MR) is 177 cm³/mol. The van der Waals surface area contributed by atoms with Crippen molar-refractivity contribution < 1.29 is 40.6 Å². The van der Waals surface area contributed by atoms with E-state index >= 15 is 0 Å². The molecule has 0 aliphatic carbocycles. The Morgan fingerprint density at radius 3 is 1.60 bits per heavy atom. The number of thiocarbonyl (C=S) groups is 1. The number of rotatable bonds is 10. The Balaban J connectivity index is 0.000000270. The normalized spacial score (nSPS) is 11.4. The summed E-state index contributed by atoms with van der Waals surface area (Å²) in [5.74, 6) is -0.265. The number of pyridine rings is 2. The van der Waals surface area contributed by atoms with E-state index in [1.54, 1.807) is 19.9 Å². The number of hydrogen-bond acceptors (Lipinski definition) is 8. The van der Waals surface area contributed by atoms with E-state index in [1.165, 1.54) is 10.7 Å². The summed E-state index contributed by atoms with van der Waals surface area (Å²) in [5, 5.41) is 13.7. The third kappa shape index (κ3) is 11.4. The van der Waals surface area contributed by atoms with Crippen LogP contribution in [-0.2, 0) is 12.4 Å². The number of ether oxygens (including phenoxy) is 2. The molecule has 2 N–H and O–H groups in total. The largest absolute Gasteiger partial charge is 0.417 e. The van der Waals surface area contributed by atoms with E-state index in [2.05, 4.69) is 37.7 Å². The van der Waals surface area contributed by atoms with Crippen LogP contribution in [0.1, 0.15) is 62.0 Å². The van der Waals surface area contributed by atoms with Gasteiger partial charge < -0.3 is 20.1 Å². The average Bonchev–Trinajstić information content (AvgIpc) is 3.59. The van der Waals surface area contributed by atoms with Crippen LogP contribution < -0.4 is 20.1 Å². The fraction of sp³-hybridized carbons (Fsp3) is 0.400. The van der Waals surface area contributed by atoms with Gasteiger partial charge >= 0.3 is 18.4 Å². The maximum Gasteiger partial charge on any atom is 0.417 e. The number of alkyl halides is 6. The number of halogens is 8. The van der Waals surface area contributed by atoms with Gasteiger partial charge in [0.15, 0.2) is 5.11 Å². The van der Waals surface area contributed by atoms with E-state index in [1.807, 2.05) is 6.92 Å². The second kappa shape index (κ2) is 17.7. The van der Waals surface area contributed by atoms with Gasteiger partial charge in [0.25, 0.3) is 0 Å². The second-order valence-corrected chi connectivity index (χ2v) is 11.7. The number of hydrogen-bond donors (Lipinski definition) is 2. The van der Waals surface area contributed by atoms with Gasteiger partial charge in [-0.1, -0.05) is 49.9 Å². The number of aryl methyl sites for hydroxylation is 2. The number of aromatic nitrogens is 6. The Kier molecular flexibility index (Phi) is 14.2. The summed E-state index contributed by atoms with van der Waals surface area (Å²) < 4.78 is 88.9. The van der Waals surface area contributed by atoms with Gasteiger partial charge in [0.2, 0.25) is 23.5 Å². The van der Waals surface area contributed by atoms with Gasteiger partial charge in [0.1, 0.15) is 10.0 Å². The Bertz CT molecular complexity index is 1650. The predicted octanol–water partition coefficient (Wildman–Crippen LogP) is 8.98. The summed E-state index contributed by atoms with van der Waals surface area (Å²) in [6.07, 6.45) is -4.04. The highest BCUT2D eigenvalue weighted by Crippen LogP contribution is 2.35. The lowest BCUT2D eigenvalue weighted by Crippen LogP contribution is -2.30. The zero-order valence-electron chi connectivity index (χ0n) is 27.0. The van der Waals surface area contributed by atoms with Gasteiger partial charge in [-0.05, 0) is 51.0 Å². The van der Waals surface area contributed by atoms with Crippen LogP contribution in [0.2, 0.25) is 10.0 Å². The van der Waals surface area contributed by atoms with E-state index in [4.69, 9.17) is 44.9 Å². The number of nitrogens with one attached hydrogen (secondary N) is 2. The van der Waals surface area contributed by atoms with Crippen LogP contribution in [0.4, 0.5) is 31.1 Å². The number of unbranched alkanes of at least 4 members (excludes halogenated alkanes) is 2. The molecule has 0 fully saturated rings. The highest BCUT2D eigenvalue weighted by Gasteiger charge is 2.33. The molecule has 0 bridgehead atoms. The van der Waals surface area contributed by atoms with Crippen molar-refractivity contribution in [2.75, 3.05) is 13.1 Å². The number of carbonyl (C=O) groups is 1. The number of carbonyl (C=O) groups excluding carboxylic acids is 1. The van der Waals surface area contributed by atoms with Crippen LogP contribution in [0.15, 0.2) is 36.7 Å². The molecule has 1 amide bonds. The molecule has 20 heteroatoms. The highest BCUT2D eigenvalue weighted by molar-refractivity contribution is 7.80. The number of amides is 1. The van der Waals surface area contributed by atoms with Crippen molar-refractivity contribution in [3.8, 4) is 23.5 Å². The lowest BCUT2D eigenvalue weighted by Gasteiger charge is -2.09. The molecule has 4 heterocycles. The molecule has 11 nitrogen and oxygen atoms in total. The highest BCUT2D eigenvalue weighted by atomic mass is 35.5. The average molecular weight is 770 g/mol. The van der Waals surface area contributed by atoms with E-state index in [0.717, 1.165) is 43.0 Å². The van der Waals surface area contributed by atoms with E-state index < -0.39 is 29.5 Å². The molecule has 4 rings (SSSR count). The fourth-order valence-electron chi connectivity index (χ4n) is 3.81. The van der Waals surface area contributed by atoms with Crippen LogP contribution in [0.3, 0.4) is 0 Å². The monoisotopic (exact) mass is 768 g/mol. The molecule has 0 aliphatic heterocycles. The van der Waals surface area contributed by atoms with Crippen molar-refractivity contribution in [3.63, 3.8) is 0 Å². The Morgan fingerprint density at radius 2 is 1.18 bits per heavy atom. The van der Waals surface area contributed by atoms with Crippen LogP contribution in [-0.4, -0.2) is 53.8 Å². The SMILES string of the molecule is CCCCNC(=O)n1nc(Oc2ncc(C(F)(F)F)cc2Cl)cc1C.CCCCNC(=S)n1nc(Oc2ncc(C(F)(F)F)cc2Cl)cc1C. The number of nitrogens with zero attached hydrogens (tertiary/aromatic N) is 6. The van der Waals surface area contributed by atoms with Gasteiger partial charge in [-0.2, -0.15) is 31.0 Å². The van der Waals surface area contributed by atoms with Crippen LogP contribution in [0, 0.1) is 13.8 Å². The summed E-state index contributed by atoms with van der Waals surface area (Å²) in [7, 11) is 0. The maximum atomic E-state index is 12.6. The quantitative estimate of drug-likeness (QED) is 0.0925. The first kappa shape index (κ1) is 40.3. The molecule has 4 aromatic heterocycles. The van der Waals surface area contributed by atoms with Crippen molar-refractivity contribution in [2.45, 2.75) is 65.7 Å². The molecule has 0 aromatic carbocycles. The van der Waals surface area contributed by atoms with Crippen molar-refractivity contribution in [3.05, 3.63) is 69.2 Å². The minimum atomic E-state index is -4.55.